The van der Waals surface area contributed by atoms with Gasteiger partial charge in [-0.15, -0.1) is 0 Å². The van der Waals surface area contributed by atoms with Crippen molar-refractivity contribution in [1.29, 1.82) is 0 Å². The summed E-state index contributed by atoms with van der Waals surface area (Å²) in [5, 5.41) is 7.34. The van der Waals surface area contributed by atoms with Crippen LogP contribution in [0, 0.1) is 0 Å². The van der Waals surface area contributed by atoms with Crippen LogP contribution in [0.25, 0.3) is 10.9 Å². The highest BCUT2D eigenvalue weighted by atomic mass is 16.5. The van der Waals surface area contributed by atoms with Gasteiger partial charge in [-0.3, -0.25) is 10.1 Å². The van der Waals surface area contributed by atoms with Gasteiger partial charge in [0.2, 0.25) is 5.88 Å². The Morgan fingerprint density at radius 1 is 1.00 bits per heavy atom. The number of nitrogens with one attached hydrogen (secondary N) is 2. The van der Waals surface area contributed by atoms with Crippen molar-refractivity contribution < 1.29 is 9.53 Å². The molecule has 0 saturated carbocycles. The van der Waals surface area contributed by atoms with Crippen molar-refractivity contribution in [3.63, 3.8) is 0 Å². The Bertz CT molecular complexity index is 1200. The second kappa shape index (κ2) is 7.87. The van der Waals surface area contributed by atoms with Crippen molar-refractivity contribution in [2.75, 3.05) is 0 Å². The van der Waals surface area contributed by atoms with E-state index in [4.69, 9.17) is 4.74 Å². The van der Waals surface area contributed by atoms with Crippen LogP contribution in [-0.2, 0) is 4.74 Å². The smallest absolute Gasteiger partial charge is 0.276 e. The lowest BCUT2D eigenvalue weighted by molar-refractivity contribution is 0.0847. The second-order valence-corrected chi connectivity index (χ2v) is 7.24. The number of para-hydroxylation sites is 1. The molecular weight excluding hydrogens is 374 g/mol. The highest BCUT2D eigenvalue weighted by Gasteiger charge is 2.29. The minimum Gasteiger partial charge on any atom is -0.449 e. The lowest BCUT2D eigenvalue weighted by atomic mass is 10.0. The molecule has 1 aliphatic carbocycles. The summed E-state index contributed by atoms with van der Waals surface area (Å²) in [7, 11) is 0. The predicted molar refractivity (Wildman–Crippen MR) is 116 cm³/mol. The monoisotopic (exact) mass is 395 g/mol. The number of carbonyl (C=O) groups excluding carboxylic acids is 1. The Morgan fingerprint density at radius 2 is 1.83 bits per heavy atom. The predicted octanol–water partition coefficient (Wildman–Crippen LogP) is 4.73. The molecule has 1 aromatic heterocycles. The maximum atomic E-state index is 13.0. The first-order valence-electron chi connectivity index (χ1n) is 10.0. The number of pyridine rings is 1. The van der Waals surface area contributed by atoms with Gasteiger partial charge in [0.25, 0.3) is 5.91 Å². The molecule has 0 bridgehead atoms. The van der Waals surface area contributed by atoms with Gasteiger partial charge in [-0.1, -0.05) is 72.8 Å². The van der Waals surface area contributed by atoms with Crippen molar-refractivity contribution in [2.45, 2.75) is 19.1 Å². The third-order valence-electron chi connectivity index (χ3n) is 5.18. The van der Waals surface area contributed by atoms with Gasteiger partial charge in [0.15, 0.2) is 6.23 Å². The van der Waals surface area contributed by atoms with E-state index < -0.39 is 0 Å². The van der Waals surface area contributed by atoms with E-state index in [-0.39, 0.29) is 12.1 Å². The van der Waals surface area contributed by atoms with Gasteiger partial charge in [0.05, 0.1) is 5.52 Å². The number of allylic oxidation sites excluding steroid dienone is 3. The number of nitrogens with zero attached hydrogens (tertiary/aromatic N) is 1. The zero-order valence-corrected chi connectivity index (χ0v) is 16.3. The summed E-state index contributed by atoms with van der Waals surface area (Å²) in [6, 6.07) is 21.3. The van der Waals surface area contributed by atoms with E-state index in [1.807, 2.05) is 60.7 Å². The highest BCUT2D eigenvalue weighted by molar-refractivity contribution is 5.95. The van der Waals surface area contributed by atoms with E-state index in [0.717, 1.165) is 40.6 Å². The summed E-state index contributed by atoms with van der Waals surface area (Å²) in [5.41, 5.74) is 3.92. The molecule has 2 heterocycles. The number of hydrogen-bond donors (Lipinski definition) is 2. The standard InChI is InChI=1S/C25H21N3O2/c29-23(21-16-15-17-9-7-8-14-20(17)26-21)28-25-22(18-10-3-1-4-11-18)27-24(30-25)19-12-5-2-6-13-19/h2-3,5-16,24,27H,1,4H2,(H,28,29). The van der Waals surface area contributed by atoms with Crippen molar-refractivity contribution >= 4 is 16.8 Å². The van der Waals surface area contributed by atoms with Crippen LogP contribution in [0.3, 0.4) is 0 Å². The number of aromatic nitrogens is 1. The Kier molecular flexibility index (Phi) is 4.77. The Hall–Kier alpha value is -3.86. The summed E-state index contributed by atoms with van der Waals surface area (Å²) in [4.78, 5) is 17.5. The summed E-state index contributed by atoms with van der Waals surface area (Å²) >= 11 is 0. The van der Waals surface area contributed by atoms with Gasteiger partial charge in [-0.25, -0.2) is 4.98 Å². The van der Waals surface area contributed by atoms with Crippen LogP contribution in [0.1, 0.15) is 35.1 Å². The minimum absolute atomic E-state index is 0.302. The van der Waals surface area contributed by atoms with Gasteiger partial charge in [-0.05, 0) is 30.5 Å². The molecule has 5 rings (SSSR count). The molecule has 30 heavy (non-hydrogen) atoms. The van der Waals surface area contributed by atoms with Crippen LogP contribution < -0.4 is 10.6 Å². The summed E-state index contributed by atoms with van der Waals surface area (Å²) in [5.74, 6) is 0.116. The fourth-order valence-corrected chi connectivity index (χ4v) is 3.65. The number of hydrogen-bond acceptors (Lipinski definition) is 4. The Morgan fingerprint density at radius 3 is 2.67 bits per heavy atom. The number of fused-ring (bicyclic) bond motifs is 1. The van der Waals surface area contributed by atoms with Crippen LogP contribution in [0.5, 0.6) is 0 Å². The molecule has 2 aromatic carbocycles. The number of rotatable bonds is 4. The van der Waals surface area contributed by atoms with E-state index in [1.54, 1.807) is 6.07 Å². The Labute approximate surface area is 174 Å². The van der Waals surface area contributed by atoms with E-state index in [9.17, 15) is 4.79 Å². The van der Waals surface area contributed by atoms with E-state index in [1.165, 1.54) is 0 Å². The maximum Gasteiger partial charge on any atom is 0.276 e. The van der Waals surface area contributed by atoms with Crippen molar-refractivity contribution in [3.8, 4) is 0 Å². The molecule has 1 aliphatic heterocycles. The number of amides is 1. The summed E-state index contributed by atoms with van der Waals surface area (Å²) in [6.07, 6.45) is 7.95. The minimum atomic E-state index is -0.364. The normalized spacial score (nSPS) is 18.0. The lowest BCUT2D eigenvalue weighted by Gasteiger charge is -2.14. The van der Waals surface area contributed by atoms with Gasteiger partial charge in [-0.2, -0.15) is 0 Å². The zero-order valence-electron chi connectivity index (χ0n) is 16.3. The number of ether oxygens (including phenoxy) is 1. The van der Waals surface area contributed by atoms with E-state index in [0.29, 0.717) is 11.6 Å². The third-order valence-corrected chi connectivity index (χ3v) is 5.18. The fraction of sp³-hybridized carbons (Fsp3) is 0.120. The van der Waals surface area contributed by atoms with Gasteiger partial charge in [0, 0.05) is 10.9 Å². The summed E-state index contributed by atoms with van der Waals surface area (Å²) in [6.45, 7) is 0. The second-order valence-electron chi connectivity index (χ2n) is 7.24. The lowest BCUT2D eigenvalue weighted by Crippen LogP contribution is -2.25. The highest BCUT2D eigenvalue weighted by Crippen LogP contribution is 2.31. The molecule has 0 saturated heterocycles. The molecule has 0 spiro atoms. The quantitative estimate of drug-likeness (QED) is 0.670. The molecule has 5 nitrogen and oxygen atoms in total. The molecule has 1 atom stereocenters. The maximum absolute atomic E-state index is 13.0. The average Bonchev–Trinajstić information content (AvgIpc) is 3.23. The first-order chi connectivity index (χ1) is 14.8. The fourth-order valence-electron chi connectivity index (χ4n) is 3.65. The van der Waals surface area contributed by atoms with Crippen LogP contribution >= 0.6 is 0 Å². The topological polar surface area (TPSA) is 63.2 Å². The molecule has 1 unspecified atom stereocenters. The molecule has 3 aromatic rings. The van der Waals surface area contributed by atoms with Crippen LogP contribution in [0.15, 0.2) is 102 Å². The number of benzene rings is 2. The van der Waals surface area contributed by atoms with E-state index in [2.05, 4.69) is 33.8 Å². The average molecular weight is 395 g/mol. The molecule has 1 amide bonds. The largest absolute Gasteiger partial charge is 0.449 e. The molecule has 2 aliphatic rings. The van der Waals surface area contributed by atoms with Crippen LogP contribution in [0.2, 0.25) is 0 Å². The van der Waals surface area contributed by atoms with Gasteiger partial charge < -0.3 is 10.1 Å². The van der Waals surface area contributed by atoms with Gasteiger partial charge >= 0.3 is 0 Å². The van der Waals surface area contributed by atoms with Crippen molar-refractivity contribution in [1.82, 2.24) is 15.6 Å². The molecule has 148 valence electrons. The summed E-state index contributed by atoms with van der Waals surface area (Å²) < 4.78 is 6.13. The SMILES string of the molecule is O=C(NC1=C(C2=CCCC=C2)NC(c2ccccc2)O1)c1ccc2ccccc2n1. The first-order valence-corrected chi connectivity index (χ1v) is 10.0. The molecule has 5 heteroatoms. The van der Waals surface area contributed by atoms with Crippen molar-refractivity contribution in [3.05, 3.63) is 113 Å². The molecule has 0 fully saturated rings. The molecule has 2 N–H and O–H groups in total. The molecular formula is C25H21N3O2. The third kappa shape index (κ3) is 3.57. The molecule has 0 radical (unpaired) electrons. The van der Waals surface area contributed by atoms with Gasteiger partial charge in [0.1, 0.15) is 11.4 Å². The van der Waals surface area contributed by atoms with Crippen LogP contribution in [0.4, 0.5) is 0 Å². The zero-order chi connectivity index (χ0) is 20.3. The Balaban J connectivity index is 1.44. The van der Waals surface area contributed by atoms with Crippen LogP contribution in [-0.4, -0.2) is 10.9 Å². The first kappa shape index (κ1) is 18.2. The van der Waals surface area contributed by atoms with Crippen molar-refractivity contribution in [2.24, 2.45) is 0 Å². The number of carbonyl (C=O) groups is 1. The van der Waals surface area contributed by atoms with E-state index >= 15 is 0 Å².